The minimum Gasteiger partial charge on any atom is -0.462 e. The first kappa shape index (κ1) is 26.9. The number of hydrogen-bond donors (Lipinski definition) is 0. The molecule has 0 spiro atoms. The molecule has 0 aromatic carbocycles. The van der Waals surface area contributed by atoms with Crippen LogP contribution in [0.15, 0.2) is 0 Å². The Bertz CT molecular complexity index is 922. The fourth-order valence-electron chi connectivity index (χ4n) is 7.88. The summed E-state index contributed by atoms with van der Waals surface area (Å²) in [4.78, 5) is 38.1. The average Bonchev–Trinajstić information content (AvgIpc) is 3.21. The number of carbonyl (C=O) groups is 3. The van der Waals surface area contributed by atoms with Crippen molar-refractivity contribution in [2.24, 2.45) is 39.9 Å². The van der Waals surface area contributed by atoms with Crippen molar-refractivity contribution >= 4 is 17.9 Å². The zero-order valence-corrected chi connectivity index (χ0v) is 22.9. The lowest BCUT2D eigenvalue weighted by molar-refractivity contribution is -0.212. The lowest BCUT2D eigenvalue weighted by Crippen LogP contribution is -2.58. The van der Waals surface area contributed by atoms with Crippen LogP contribution in [0.4, 0.5) is 0 Å². The number of hydrogen-bond acceptors (Lipinski definition) is 7. The molecule has 0 aromatic heterocycles. The van der Waals surface area contributed by atoms with Gasteiger partial charge in [0, 0.05) is 0 Å². The number of nitriles is 1. The number of ether oxygens (including phenoxy) is 3. The molecule has 5 aliphatic rings. The normalized spacial score (nSPS) is 36.4. The average molecular weight is 502 g/mol. The van der Waals surface area contributed by atoms with Gasteiger partial charge in [0.05, 0.1) is 28.7 Å². The van der Waals surface area contributed by atoms with Crippen molar-refractivity contribution in [3.05, 3.63) is 0 Å². The third-order valence-electron chi connectivity index (χ3n) is 9.88. The second-order valence-corrected chi connectivity index (χ2v) is 13.6. The summed E-state index contributed by atoms with van der Waals surface area (Å²) in [6.45, 7) is 11.4. The Balaban J connectivity index is 1.43. The molecule has 1 aliphatic heterocycles. The van der Waals surface area contributed by atoms with Crippen LogP contribution in [-0.2, 0) is 28.6 Å². The zero-order chi connectivity index (χ0) is 26.5. The number of carbonyl (C=O) groups excluding carboxylic acids is 3. The van der Waals surface area contributed by atoms with E-state index in [1.54, 1.807) is 6.92 Å². The van der Waals surface area contributed by atoms with Crippen LogP contribution in [0.1, 0.15) is 99.3 Å². The van der Waals surface area contributed by atoms with Crippen LogP contribution in [0.5, 0.6) is 0 Å². The molecule has 0 amide bonds. The minimum absolute atomic E-state index is 0.0577. The highest BCUT2D eigenvalue weighted by atomic mass is 16.6. The minimum atomic E-state index is -0.945. The van der Waals surface area contributed by atoms with Gasteiger partial charge in [0.15, 0.2) is 0 Å². The predicted molar refractivity (Wildman–Crippen MR) is 132 cm³/mol. The van der Waals surface area contributed by atoms with Gasteiger partial charge in [0.1, 0.15) is 18.3 Å². The first-order valence-corrected chi connectivity index (χ1v) is 13.7. The first-order chi connectivity index (χ1) is 16.7. The van der Waals surface area contributed by atoms with E-state index in [0.29, 0.717) is 18.3 Å². The molecular weight excluding hydrogens is 458 g/mol. The Morgan fingerprint density at radius 3 is 2.08 bits per heavy atom. The Morgan fingerprint density at radius 2 is 1.61 bits per heavy atom. The highest BCUT2D eigenvalue weighted by molar-refractivity contribution is 5.79. The van der Waals surface area contributed by atoms with Gasteiger partial charge in [-0.05, 0) is 110 Å². The van der Waals surface area contributed by atoms with E-state index in [4.69, 9.17) is 14.2 Å². The monoisotopic (exact) mass is 501 g/mol. The van der Waals surface area contributed by atoms with Gasteiger partial charge in [-0.15, -0.1) is 0 Å². The molecule has 200 valence electrons. The lowest BCUT2D eigenvalue weighted by Gasteiger charge is -2.59. The Kier molecular flexibility index (Phi) is 6.98. The molecule has 4 bridgehead atoms. The third kappa shape index (κ3) is 5.02. The van der Waals surface area contributed by atoms with Crippen LogP contribution in [0.3, 0.4) is 0 Å². The van der Waals surface area contributed by atoms with Gasteiger partial charge in [-0.3, -0.25) is 14.4 Å². The van der Waals surface area contributed by atoms with Crippen molar-refractivity contribution < 1.29 is 28.6 Å². The second-order valence-electron chi connectivity index (χ2n) is 13.6. The summed E-state index contributed by atoms with van der Waals surface area (Å²) in [6, 6.07) is 2.41. The standard InChI is InChI=1S/C29H43NO6/c1-7-28(5,25(33)35-22-13-23(31)34-14-22)16-27(4,17-30)15-26(2,3)24(32)36-29(6)20-9-18-8-19(11-20)12-21(29)10-18/h18-22H,7-16H2,1-6H3. The summed E-state index contributed by atoms with van der Waals surface area (Å²) in [6.07, 6.45) is 6.42. The molecule has 0 N–H and O–H groups in total. The van der Waals surface area contributed by atoms with E-state index >= 15 is 0 Å². The van der Waals surface area contributed by atoms with E-state index in [1.165, 1.54) is 6.42 Å². The van der Waals surface area contributed by atoms with Gasteiger partial charge in [0.25, 0.3) is 0 Å². The van der Waals surface area contributed by atoms with Crippen molar-refractivity contribution in [1.29, 1.82) is 5.26 Å². The number of nitrogens with zero attached hydrogens (tertiary/aromatic N) is 1. The van der Waals surface area contributed by atoms with Gasteiger partial charge < -0.3 is 14.2 Å². The molecular formula is C29H43NO6. The molecule has 3 unspecified atom stereocenters. The van der Waals surface area contributed by atoms with Crippen LogP contribution < -0.4 is 0 Å². The van der Waals surface area contributed by atoms with Gasteiger partial charge in [-0.25, -0.2) is 0 Å². The highest BCUT2D eigenvalue weighted by Gasteiger charge is 2.58. The van der Waals surface area contributed by atoms with Gasteiger partial charge >= 0.3 is 17.9 Å². The summed E-state index contributed by atoms with van der Waals surface area (Å²) in [5.41, 5.74) is -3.18. The molecule has 0 radical (unpaired) electrons. The quantitative estimate of drug-likeness (QED) is 0.310. The molecule has 1 heterocycles. The summed E-state index contributed by atoms with van der Waals surface area (Å²) < 4.78 is 16.9. The molecule has 3 atom stereocenters. The molecule has 7 nitrogen and oxygen atoms in total. The molecule has 36 heavy (non-hydrogen) atoms. The van der Waals surface area contributed by atoms with Crippen molar-refractivity contribution in [2.45, 2.75) is 111 Å². The smallest absolute Gasteiger partial charge is 0.312 e. The summed E-state index contributed by atoms with van der Waals surface area (Å²) >= 11 is 0. The van der Waals surface area contributed by atoms with Crippen LogP contribution in [-0.4, -0.2) is 36.2 Å². The SMILES string of the molecule is CCC(C)(CC(C)(C#N)CC(C)(C)C(=O)OC1(C)C2CC3CC(C2)CC1C3)C(=O)OC1COC(=O)C1. The maximum atomic E-state index is 13.6. The van der Waals surface area contributed by atoms with E-state index in [2.05, 4.69) is 13.0 Å². The molecule has 4 saturated carbocycles. The topological polar surface area (TPSA) is 103 Å². The van der Waals surface area contributed by atoms with Gasteiger partial charge in [-0.1, -0.05) is 6.92 Å². The van der Waals surface area contributed by atoms with Gasteiger partial charge in [0.2, 0.25) is 0 Å². The van der Waals surface area contributed by atoms with Crippen molar-refractivity contribution in [1.82, 2.24) is 0 Å². The van der Waals surface area contributed by atoms with E-state index in [9.17, 15) is 19.6 Å². The third-order valence-corrected chi connectivity index (χ3v) is 9.88. The van der Waals surface area contributed by atoms with Crippen molar-refractivity contribution in [3.63, 3.8) is 0 Å². The fraction of sp³-hybridized carbons (Fsp3) is 0.862. The van der Waals surface area contributed by atoms with Crippen molar-refractivity contribution in [2.75, 3.05) is 6.61 Å². The summed E-state index contributed by atoms with van der Waals surface area (Å²) in [5, 5.41) is 10.2. The molecule has 5 fully saturated rings. The molecule has 4 aliphatic carbocycles. The van der Waals surface area contributed by atoms with E-state index < -0.39 is 33.9 Å². The van der Waals surface area contributed by atoms with Crippen LogP contribution in [0.25, 0.3) is 0 Å². The zero-order valence-electron chi connectivity index (χ0n) is 22.9. The largest absolute Gasteiger partial charge is 0.462 e. The highest BCUT2D eigenvalue weighted by Crippen LogP contribution is 2.60. The first-order valence-electron chi connectivity index (χ1n) is 13.7. The number of esters is 3. The second kappa shape index (κ2) is 9.33. The Morgan fingerprint density at radius 1 is 1.03 bits per heavy atom. The molecule has 7 heteroatoms. The van der Waals surface area contributed by atoms with E-state index in [0.717, 1.165) is 37.5 Å². The summed E-state index contributed by atoms with van der Waals surface area (Å²) in [5.74, 6) is 1.38. The Hall–Kier alpha value is -2.10. The fourth-order valence-corrected chi connectivity index (χ4v) is 7.88. The Labute approximate surface area is 215 Å². The van der Waals surface area contributed by atoms with E-state index in [-0.39, 0.29) is 37.8 Å². The van der Waals surface area contributed by atoms with Crippen LogP contribution in [0, 0.1) is 51.2 Å². The predicted octanol–water partition coefficient (Wildman–Crippen LogP) is 5.36. The number of rotatable bonds is 9. The molecule has 1 saturated heterocycles. The number of cyclic esters (lactones) is 1. The van der Waals surface area contributed by atoms with Gasteiger partial charge in [-0.2, -0.15) is 5.26 Å². The van der Waals surface area contributed by atoms with E-state index in [1.807, 2.05) is 27.7 Å². The lowest BCUT2D eigenvalue weighted by atomic mass is 9.50. The maximum absolute atomic E-state index is 13.6. The van der Waals surface area contributed by atoms with Crippen LogP contribution in [0.2, 0.25) is 0 Å². The molecule has 0 aromatic rings. The summed E-state index contributed by atoms with van der Waals surface area (Å²) in [7, 11) is 0. The maximum Gasteiger partial charge on any atom is 0.312 e. The van der Waals surface area contributed by atoms with Crippen LogP contribution >= 0.6 is 0 Å². The van der Waals surface area contributed by atoms with Crippen molar-refractivity contribution in [3.8, 4) is 6.07 Å². The molecule has 5 rings (SSSR count).